The van der Waals surface area contributed by atoms with Gasteiger partial charge in [0.25, 0.3) is 5.91 Å². The second kappa shape index (κ2) is 12.4. The number of hydrogen-bond acceptors (Lipinski definition) is 5. The molecule has 3 aromatic carbocycles. The zero-order chi connectivity index (χ0) is 25.3. The maximum absolute atomic E-state index is 13.4. The Morgan fingerprint density at radius 3 is 2.37 bits per heavy atom. The van der Waals surface area contributed by atoms with Crippen molar-refractivity contribution in [2.45, 2.75) is 18.2 Å². The maximum atomic E-state index is 13.4. The molecule has 0 saturated heterocycles. The van der Waals surface area contributed by atoms with Crippen molar-refractivity contribution in [1.82, 2.24) is 9.73 Å². The van der Waals surface area contributed by atoms with E-state index in [4.69, 9.17) is 0 Å². The lowest BCUT2D eigenvalue weighted by molar-refractivity contribution is -0.121. The lowest BCUT2D eigenvalue weighted by Crippen LogP contribution is -2.40. The van der Waals surface area contributed by atoms with Crippen molar-refractivity contribution in [3.63, 3.8) is 0 Å². The third-order valence-corrected chi connectivity index (χ3v) is 7.23. The Hall–Kier alpha value is -3.34. The first-order valence-corrected chi connectivity index (χ1v) is 13.0. The molecule has 0 aromatic heterocycles. The van der Waals surface area contributed by atoms with Crippen LogP contribution in [0.4, 0.5) is 5.69 Å². The molecule has 0 aliphatic heterocycles. The fourth-order valence-electron chi connectivity index (χ4n) is 3.21. The van der Waals surface area contributed by atoms with Crippen molar-refractivity contribution in [3.05, 3.63) is 94.5 Å². The molecule has 0 fully saturated rings. The Bertz CT molecular complexity index is 1300. The highest BCUT2D eigenvalue weighted by molar-refractivity contribution is 9.10. The van der Waals surface area contributed by atoms with Gasteiger partial charge in [-0.3, -0.25) is 9.59 Å². The van der Waals surface area contributed by atoms with Crippen LogP contribution in [0.1, 0.15) is 18.1 Å². The number of benzene rings is 3. The summed E-state index contributed by atoms with van der Waals surface area (Å²) < 4.78 is 28.7. The van der Waals surface area contributed by atoms with Crippen LogP contribution >= 0.6 is 15.9 Å². The smallest absolute Gasteiger partial charge is 0.255 e. The molecule has 3 aromatic rings. The lowest BCUT2D eigenvalue weighted by Gasteiger charge is -2.21. The largest absolute Gasteiger partial charge is 0.326 e. The van der Waals surface area contributed by atoms with E-state index >= 15 is 0 Å². The number of carbonyl (C=O) groups excluding carboxylic acids is 2. The van der Waals surface area contributed by atoms with Gasteiger partial charge in [0, 0.05) is 23.6 Å². The first-order valence-electron chi connectivity index (χ1n) is 10.7. The number of halogens is 1. The predicted molar refractivity (Wildman–Crippen MR) is 140 cm³/mol. The summed E-state index contributed by atoms with van der Waals surface area (Å²) in [5, 5.41) is 6.54. The van der Waals surface area contributed by atoms with E-state index in [1.807, 2.05) is 54.6 Å². The summed E-state index contributed by atoms with van der Waals surface area (Å²) in [6, 6.07) is 22.6. The van der Waals surface area contributed by atoms with Gasteiger partial charge < -0.3 is 5.32 Å². The van der Waals surface area contributed by atoms with Crippen molar-refractivity contribution in [2.24, 2.45) is 5.10 Å². The summed E-state index contributed by atoms with van der Waals surface area (Å²) in [6.07, 6.45) is 1.91. The number of nitrogens with one attached hydrogen (secondary N) is 2. The average molecular weight is 557 g/mol. The zero-order valence-corrected chi connectivity index (χ0v) is 21.4. The van der Waals surface area contributed by atoms with Crippen LogP contribution in [0.3, 0.4) is 0 Å². The minimum atomic E-state index is -3.99. The summed E-state index contributed by atoms with van der Waals surface area (Å²) in [6.45, 7) is 1.06. The number of hydrogen-bond donors (Lipinski definition) is 2. The number of hydrazone groups is 1. The topological polar surface area (TPSA) is 108 Å². The minimum absolute atomic E-state index is 0.0186. The molecular formula is C25H25BrN4O4S. The molecule has 0 atom stereocenters. The molecule has 182 valence electrons. The Morgan fingerprint density at radius 1 is 1.00 bits per heavy atom. The third-order valence-electron chi connectivity index (χ3n) is 4.88. The number of sulfonamides is 1. The molecule has 3 rings (SSSR count). The van der Waals surface area contributed by atoms with E-state index in [0.29, 0.717) is 12.1 Å². The molecule has 0 aliphatic carbocycles. The normalized spacial score (nSPS) is 11.5. The van der Waals surface area contributed by atoms with Gasteiger partial charge in [0.1, 0.15) is 0 Å². The number of rotatable bonds is 10. The van der Waals surface area contributed by atoms with Gasteiger partial charge in [-0.25, -0.2) is 13.8 Å². The highest BCUT2D eigenvalue weighted by atomic mass is 79.9. The molecule has 10 heteroatoms. The van der Waals surface area contributed by atoms with E-state index < -0.39 is 22.5 Å². The molecule has 2 N–H and O–H groups in total. The zero-order valence-electron chi connectivity index (χ0n) is 19.0. The quantitative estimate of drug-likeness (QED) is 0.292. The summed E-state index contributed by atoms with van der Waals surface area (Å²) in [4.78, 5) is 23.8. The summed E-state index contributed by atoms with van der Waals surface area (Å²) >= 11 is 3.37. The first-order chi connectivity index (χ1) is 16.7. The predicted octanol–water partition coefficient (Wildman–Crippen LogP) is 3.79. The molecule has 8 nitrogen and oxygen atoms in total. The Morgan fingerprint density at radius 2 is 1.71 bits per heavy atom. The van der Waals surface area contributed by atoms with Crippen LogP contribution in [-0.2, 0) is 26.0 Å². The number of anilines is 1. The number of amides is 2. The highest BCUT2D eigenvalue weighted by Crippen LogP contribution is 2.19. The van der Waals surface area contributed by atoms with Gasteiger partial charge in [-0.05, 0) is 53.9 Å². The van der Waals surface area contributed by atoms with Crippen molar-refractivity contribution < 1.29 is 18.0 Å². The fourth-order valence-corrected chi connectivity index (χ4v) is 5.02. The number of carbonyl (C=O) groups is 2. The number of nitrogens with zero attached hydrogens (tertiary/aromatic N) is 2. The molecule has 0 bridgehead atoms. The molecule has 35 heavy (non-hydrogen) atoms. The van der Waals surface area contributed by atoms with Crippen molar-refractivity contribution >= 4 is 49.7 Å². The molecule has 0 unspecified atom stereocenters. The monoisotopic (exact) mass is 556 g/mol. The highest BCUT2D eigenvalue weighted by Gasteiger charge is 2.26. The summed E-state index contributed by atoms with van der Waals surface area (Å²) in [5.41, 5.74) is 4.59. The Labute approximate surface area is 213 Å². The van der Waals surface area contributed by atoms with Gasteiger partial charge in [-0.2, -0.15) is 9.41 Å². The Kier molecular flexibility index (Phi) is 9.30. The van der Waals surface area contributed by atoms with Crippen molar-refractivity contribution in [2.75, 3.05) is 18.4 Å². The van der Waals surface area contributed by atoms with Crippen molar-refractivity contribution in [3.8, 4) is 0 Å². The average Bonchev–Trinajstić information content (AvgIpc) is 2.82. The minimum Gasteiger partial charge on any atom is -0.326 e. The van der Waals surface area contributed by atoms with E-state index in [9.17, 15) is 18.0 Å². The van der Waals surface area contributed by atoms with E-state index in [2.05, 4.69) is 31.8 Å². The van der Waals surface area contributed by atoms with E-state index in [1.165, 1.54) is 37.4 Å². The Balaban J connectivity index is 1.75. The van der Waals surface area contributed by atoms with Gasteiger partial charge >= 0.3 is 0 Å². The molecule has 0 heterocycles. The van der Waals surface area contributed by atoms with E-state index in [0.717, 1.165) is 19.9 Å². The van der Waals surface area contributed by atoms with Gasteiger partial charge in [-0.15, -0.1) is 0 Å². The second-order valence-electron chi connectivity index (χ2n) is 7.63. The third kappa shape index (κ3) is 8.13. The van der Waals surface area contributed by atoms with Crippen LogP contribution in [0.2, 0.25) is 0 Å². The summed E-state index contributed by atoms with van der Waals surface area (Å²) in [7, 11) is -3.99. The van der Waals surface area contributed by atoms with Crippen LogP contribution in [0, 0.1) is 0 Å². The molecular weight excluding hydrogens is 532 g/mol. The van der Waals surface area contributed by atoms with Gasteiger partial charge in [0.05, 0.1) is 17.7 Å². The van der Waals surface area contributed by atoms with Gasteiger partial charge in [0.15, 0.2) is 0 Å². The van der Waals surface area contributed by atoms with Crippen LogP contribution < -0.4 is 10.7 Å². The fraction of sp³-hybridized carbons (Fsp3) is 0.160. The second-order valence-corrected chi connectivity index (χ2v) is 10.5. The van der Waals surface area contributed by atoms with Crippen LogP contribution in [0.25, 0.3) is 0 Å². The van der Waals surface area contributed by atoms with E-state index in [-0.39, 0.29) is 17.3 Å². The molecule has 0 saturated carbocycles. The van der Waals surface area contributed by atoms with Crippen LogP contribution in [0.15, 0.2) is 93.3 Å². The maximum Gasteiger partial charge on any atom is 0.255 e. The molecule has 0 aliphatic rings. The first kappa shape index (κ1) is 26.3. The standard InChI is InChI=1S/C25H25BrN4O4S/c1-19(31)28-23-10-12-24(13-11-23)35(33,34)30(15-14-20-6-3-2-4-7-20)18-25(32)29-27-17-21-8-5-9-22(26)16-21/h2-13,16-17H,14-15,18H2,1H3,(H,28,31)(H,29,32)/b27-17-. The van der Waals surface area contributed by atoms with Gasteiger partial charge in [-0.1, -0.05) is 58.4 Å². The lowest BCUT2D eigenvalue weighted by atomic mass is 10.1. The van der Waals surface area contributed by atoms with Gasteiger partial charge in [0.2, 0.25) is 15.9 Å². The van der Waals surface area contributed by atoms with E-state index in [1.54, 1.807) is 0 Å². The SMILES string of the molecule is CC(=O)Nc1ccc(S(=O)(=O)N(CCc2ccccc2)CC(=O)N/N=C\c2cccc(Br)c2)cc1. The van der Waals surface area contributed by atoms with Crippen LogP contribution in [0.5, 0.6) is 0 Å². The van der Waals surface area contributed by atoms with Crippen LogP contribution in [-0.4, -0.2) is 43.8 Å². The molecule has 0 spiro atoms. The summed E-state index contributed by atoms with van der Waals surface area (Å²) in [5.74, 6) is -0.826. The molecule has 2 amide bonds. The van der Waals surface area contributed by atoms with Crippen molar-refractivity contribution in [1.29, 1.82) is 0 Å². The molecule has 0 radical (unpaired) electrons.